The van der Waals surface area contributed by atoms with Gasteiger partial charge < -0.3 is 19.7 Å². The number of carbonyl (C=O) groups excluding carboxylic acids is 1. The number of fused-ring (bicyclic) bond motifs is 1. The summed E-state index contributed by atoms with van der Waals surface area (Å²) in [7, 11) is 0. The first kappa shape index (κ1) is 23.1. The van der Waals surface area contributed by atoms with Crippen LogP contribution in [0.15, 0.2) is 60.8 Å². The summed E-state index contributed by atoms with van der Waals surface area (Å²) in [4.78, 5) is 18.0. The van der Waals surface area contributed by atoms with E-state index in [2.05, 4.69) is 29.4 Å². The number of hydrogen-bond donors (Lipinski definition) is 2. The highest BCUT2D eigenvalue weighted by Gasteiger charge is 2.30. The molecule has 0 aliphatic carbocycles. The van der Waals surface area contributed by atoms with Gasteiger partial charge >= 0.3 is 6.09 Å². The number of hydrogen-bond acceptors (Lipinski definition) is 3. The Hall–Kier alpha value is -3.05. The molecule has 4 rings (SSSR count). The topological polar surface area (TPSA) is 65.6 Å². The van der Waals surface area contributed by atoms with Gasteiger partial charge in [-0.1, -0.05) is 62.4 Å². The Morgan fingerprint density at radius 2 is 2.00 bits per heavy atom. The van der Waals surface area contributed by atoms with Gasteiger partial charge in [0, 0.05) is 29.7 Å². The first-order valence-electron chi connectivity index (χ1n) is 12.0. The van der Waals surface area contributed by atoms with Gasteiger partial charge in [-0.25, -0.2) is 4.79 Å². The summed E-state index contributed by atoms with van der Waals surface area (Å²) in [6.45, 7) is 5.04. The Morgan fingerprint density at radius 1 is 1.21 bits per heavy atom. The van der Waals surface area contributed by atoms with E-state index in [1.165, 1.54) is 5.56 Å². The van der Waals surface area contributed by atoms with Crippen LogP contribution < -0.4 is 0 Å². The summed E-state index contributed by atoms with van der Waals surface area (Å²) in [5.74, 6) is 0. The molecule has 0 radical (unpaired) electrons. The average Bonchev–Trinajstić information content (AvgIpc) is 3.49. The van der Waals surface area contributed by atoms with Gasteiger partial charge in [0.1, 0.15) is 6.61 Å². The van der Waals surface area contributed by atoms with E-state index < -0.39 is 5.60 Å². The van der Waals surface area contributed by atoms with Crippen molar-refractivity contribution in [3.8, 4) is 0 Å². The van der Waals surface area contributed by atoms with E-state index in [1.807, 2.05) is 61.2 Å². The van der Waals surface area contributed by atoms with Crippen molar-refractivity contribution >= 4 is 23.1 Å². The molecule has 1 saturated heterocycles. The van der Waals surface area contributed by atoms with Crippen LogP contribution in [0.5, 0.6) is 0 Å². The predicted octanol–water partition coefficient (Wildman–Crippen LogP) is 6.08. The van der Waals surface area contributed by atoms with Crippen molar-refractivity contribution in [2.24, 2.45) is 0 Å². The minimum atomic E-state index is -0.763. The highest BCUT2D eigenvalue weighted by atomic mass is 16.6. The fourth-order valence-corrected chi connectivity index (χ4v) is 4.55. The van der Waals surface area contributed by atoms with Crippen LogP contribution in [0.2, 0.25) is 0 Å². The van der Waals surface area contributed by atoms with Crippen LogP contribution in [0.25, 0.3) is 17.0 Å². The molecule has 0 saturated carbocycles. The zero-order valence-corrected chi connectivity index (χ0v) is 19.6. The summed E-state index contributed by atoms with van der Waals surface area (Å²) in [5, 5.41) is 11.7. The Labute approximate surface area is 196 Å². The number of H-pyrrole nitrogens is 1. The second kappa shape index (κ2) is 10.3. The lowest BCUT2D eigenvalue weighted by Gasteiger charge is -2.24. The predicted molar refractivity (Wildman–Crippen MR) is 133 cm³/mol. The maximum atomic E-state index is 12.8. The van der Waals surface area contributed by atoms with Crippen molar-refractivity contribution in [2.75, 3.05) is 6.54 Å². The van der Waals surface area contributed by atoms with E-state index in [-0.39, 0.29) is 12.1 Å². The average molecular weight is 447 g/mol. The Bertz CT molecular complexity index is 1100. The van der Waals surface area contributed by atoms with Gasteiger partial charge in [0.05, 0.1) is 5.60 Å². The summed E-state index contributed by atoms with van der Waals surface area (Å²) < 4.78 is 5.60. The molecule has 1 atom stereocenters. The molecule has 0 unspecified atom stereocenters. The number of carbonyl (C=O) groups is 1. The normalized spacial score (nSPS) is 16.7. The number of nitrogens with one attached hydrogen (secondary N) is 1. The van der Waals surface area contributed by atoms with E-state index >= 15 is 0 Å². The van der Waals surface area contributed by atoms with E-state index in [9.17, 15) is 9.90 Å². The molecule has 2 aromatic carbocycles. The van der Waals surface area contributed by atoms with E-state index in [1.54, 1.807) is 0 Å². The number of aromatic amines is 1. The fraction of sp³-hybridized carbons (Fsp3) is 0.393. The third-order valence-electron chi connectivity index (χ3n) is 6.87. The first-order valence-corrected chi connectivity index (χ1v) is 12.0. The van der Waals surface area contributed by atoms with Crippen LogP contribution >= 0.6 is 0 Å². The molecule has 1 fully saturated rings. The Kier molecular flexibility index (Phi) is 7.19. The lowest BCUT2D eigenvalue weighted by Crippen LogP contribution is -2.37. The molecule has 0 spiro atoms. The molecule has 1 aromatic heterocycles. The molecule has 174 valence electrons. The van der Waals surface area contributed by atoms with Gasteiger partial charge in [-0.3, -0.25) is 0 Å². The molecule has 1 aliphatic heterocycles. The van der Waals surface area contributed by atoms with Crippen molar-refractivity contribution < 1.29 is 14.6 Å². The quantitative estimate of drug-likeness (QED) is 0.441. The van der Waals surface area contributed by atoms with Crippen LogP contribution in [0.3, 0.4) is 0 Å². The summed E-state index contributed by atoms with van der Waals surface area (Å²) >= 11 is 0. The van der Waals surface area contributed by atoms with Gasteiger partial charge in [-0.15, -0.1) is 0 Å². The molecular formula is C28H34N2O3. The summed E-state index contributed by atoms with van der Waals surface area (Å²) in [5.41, 5.74) is 3.58. The van der Waals surface area contributed by atoms with Crippen molar-refractivity contribution in [3.05, 3.63) is 77.5 Å². The number of nitrogens with zero attached hydrogens (tertiary/aromatic N) is 1. The van der Waals surface area contributed by atoms with Crippen LogP contribution in [-0.4, -0.2) is 39.3 Å². The van der Waals surface area contributed by atoms with Gasteiger partial charge in [0.15, 0.2) is 0 Å². The molecule has 2 heterocycles. The third kappa shape index (κ3) is 5.48. The lowest BCUT2D eigenvalue weighted by molar-refractivity contribution is 0.0836. The lowest BCUT2D eigenvalue weighted by atomic mass is 9.95. The van der Waals surface area contributed by atoms with Gasteiger partial charge in [-0.05, 0) is 60.9 Å². The molecule has 2 N–H and O–H groups in total. The fourth-order valence-electron chi connectivity index (χ4n) is 4.55. The first-order chi connectivity index (χ1) is 16.0. The highest BCUT2D eigenvalue weighted by Crippen LogP contribution is 2.28. The van der Waals surface area contributed by atoms with Crippen LogP contribution in [0.4, 0.5) is 4.79 Å². The number of amides is 1. The third-order valence-corrected chi connectivity index (χ3v) is 6.87. The zero-order chi connectivity index (χ0) is 23.3. The Morgan fingerprint density at radius 3 is 2.76 bits per heavy atom. The molecule has 3 aromatic rings. The smallest absolute Gasteiger partial charge is 0.410 e. The largest absolute Gasteiger partial charge is 0.445 e. The number of likely N-dealkylation sites (tertiary alicyclic amines) is 1. The van der Waals surface area contributed by atoms with Crippen LogP contribution in [0, 0.1) is 0 Å². The molecule has 1 amide bonds. The number of rotatable bonds is 8. The molecule has 1 aliphatic rings. The van der Waals surface area contributed by atoms with Crippen molar-refractivity contribution in [3.63, 3.8) is 0 Å². The number of aliphatic hydroxyl groups is 1. The molecule has 5 heteroatoms. The minimum Gasteiger partial charge on any atom is -0.445 e. The van der Waals surface area contributed by atoms with E-state index in [4.69, 9.17) is 4.74 Å². The van der Waals surface area contributed by atoms with Gasteiger partial charge in [0.25, 0.3) is 0 Å². The number of benzene rings is 2. The molecule has 5 nitrogen and oxygen atoms in total. The van der Waals surface area contributed by atoms with Gasteiger partial charge in [0.2, 0.25) is 0 Å². The summed E-state index contributed by atoms with van der Waals surface area (Å²) in [6.07, 6.45) is 9.88. The maximum absolute atomic E-state index is 12.8. The second-order valence-electron chi connectivity index (χ2n) is 9.00. The molecular weight excluding hydrogens is 412 g/mol. The van der Waals surface area contributed by atoms with Crippen LogP contribution in [-0.2, 0) is 17.8 Å². The van der Waals surface area contributed by atoms with Crippen molar-refractivity contribution in [1.82, 2.24) is 9.88 Å². The zero-order valence-electron chi connectivity index (χ0n) is 19.6. The van der Waals surface area contributed by atoms with E-state index in [0.717, 1.165) is 47.8 Å². The molecule has 0 bridgehead atoms. The van der Waals surface area contributed by atoms with Gasteiger partial charge in [-0.2, -0.15) is 0 Å². The maximum Gasteiger partial charge on any atom is 0.410 e. The van der Waals surface area contributed by atoms with E-state index in [0.29, 0.717) is 19.4 Å². The summed E-state index contributed by atoms with van der Waals surface area (Å²) in [6, 6.07) is 16.2. The van der Waals surface area contributed by atoms with Crippen LogP contribution in [0.1, 0.15) is 56.2 Å². The minimum absolute atomic E-state index is 0.136. The standard InChI is InChI=1S/C28H34N2O3/c1-3-28(32,4-2)15-14-21-12-13-26-25(17-21)23(19-29-26)18-24-11-8-16-30(24)27(31)33-20-22-9-6-5-7-10-22/h5-7,9-10,12-15,17,19,24,29,32H,3-4,8,11,16,18,20H2,1-2H3/b15-14+/t24-/m1/s1. The number of ether oxygens (including phenoxy) is 1. The number of aromatic nitrogens is 1. The highest BCUT2D eigenvalue weighted by molar-refractivity contribution is 5.85. The second-order valence-corrected chi connectivity index (χ2v) is 9.00. The Balaban J connectivity index is 1.46. The van der Waals surface area contributed by atoms with Crippen molar-refractivity contribution in [1.29, 1.82) is 0 Å². The molecule has 33 heavy (non-hydrogen) atoms. The SMILES string of the molecule is CCC(O)(/C=C/c1ccc2[nH]cc(C[C@H]3CCCN3C(=O)OCc3ccccc3)c2c1)CC. The van der Waals surface area contributed by atoms with Crippen molar-refractivity contribution in [2.45, 2.75) is 64.2 Å². The monoisotopic (exact) mass is 446 g/mol.